The lowest BCUT2D eigenvalue weighted by molar-refractivity contribution is -0.154. The number of para-hydroxylation sites is 2. The number of halogens is 3. The minimum atomic E-state index is -4.94. The van der Waals surface area contributed by atoms with Crippen LogP contribution in [0.5, 0.6) is 23.0 Å². The molecule has 0 amide bonds. The van der Waals surface area contributed by atoms with Gasteiger partial charge < -0.3 is 18.6 Å². The first-order valence-electron chi connectivity index (χ1n) is 7.97. The standard InChI is InChI=1S/C19H15F3O5/c1-3-25-13-6-4-5-7-14(13)26-17-16(23)12-9-8-11(24-2)10-15(12)27-18(17)19(20,21)22/h4-10H,3H2,1-2H3. The van der Waals surface area contributed by atoms with E-state index in [1.165, 1.54) is 37.4 Å². The molecule has 0 atom stereocenters. The molecule has 0 spiro atoms. The molecule has 1 aromatic heterocycles. The van der Waals surface area contributed by atoms with E-state index in [2.05, 4.69) is 0 Å². The Morgan fingerprint density at radius 2 is 1.78 bits per heavy atom. The fraction of sp³-hybridized carbons (Fsp3) is 0.211. The van der Waals surface area contributed by atoms with E-state index in [0.717, 1.165) is 0 Å². The quantitative estimate of drug-likeness (QED) is 0.623. The van der Waals surface area contributed by atoms with Crippen molar-refractivity contribution in [3.05, 3.63) is 58.4 Å². The van der Waals surface area contributed by atoms with E-state index in [1.54, 1.807) is 19.1 Å². The number of methoxy groups -OCH3 is 1. The highest BCUT2D eigenvalue weighted by Crippen LogP contribution is 2.40. The van der Waals surface area contributed by atoms with Crippen molar-refractivity contribution >= 4 is 11.0 Å². The lowest BCUT2D eigenvalue weighted by atomic mass is 10.2. The van der Waals surface area contributed by atoms with Crippen molar-refractivity contribution in [1.29, 1.82) is 0 Å². The minimum absolute atomic E-state index is 0.0231. The van der Waals surface area contributed by atoms with Crippen molar-refractivity contribution in [2.75, 3.05) is 13.7 Å². The highest BCUT2D eigenvalue weighted by molar-refractivity contribution is 5.79. The Morgan fingerprint density at radius 1 is 1.07 bits per heavy atom. The third-order valence-corrected chi connectivity index (χ3v) is 3.68. The lowest BCUT2D eigenvalue weighted by Crippen LogP contribution is -2.15. The van der Waals surface area contributed by atoms with Gasteiger partial charge in [-0.2, -0.15) is 13.2 Å². The molecule has 0 saturated carbocycles. The molecule has 8 heteroatoms. The van der Waals surface area contributed by atoms with Gasteiger partial charge in [-0.05, 0) is 31.2 Å². The van der Waals surface area contributed by atoms with Crippen LogP contribution >= 0.6 is 0 Å². The molecular formula is C19H15F3O5. The number of hydrogen-bond acceptors (Lipinski definition) is 5. The van der Waals surface area contributed by atoms with Gasteiger partial charge in [0.25, 0.3) is 5.76 Å². The summed E-state index contributed by atoms with van der Waals surface area (Å²) in [6.07, 6.45) is -4.94. The van der Waals surface area contributed by atoms with E-state index in [0.29, 0.717) is 0 Å². The van der Waals surface area contributed by atoms with Crippen LogP contribution in [0, 0.1) is 0 Å². The first kappa shape index (κ1) is 18.6. The molecule has 27 heavy (non-hydrogen) atoms. The number of hydrogen-bond donors (Lipinski definition) is 0. The topological polar surface area (TPSA) is 57.9 Å². The molecule has 0 aliphatic rings. The molecule has 3 rings (SSSR count). The summed E-state index contributed by atoms with van der Waals surface area (Å²) in [7, 11) is 1.35. The van der Waals surface area contributed by atoms with Crippen molar-refractivity contribution in [2.24, 2.45) is 0 Å². The van der Waals surface area contributed by atoms with E-state index in [9.17, 15) is 18.0 Å². The fourth-order valence-corrected chi connectivity index (χ4v) is 2.48. The summed E-state index contributed by atoms with van der Waals surface area (Å²) in [5.74, 6) is -2.03. The van der Waals surface area contributed by atoms with Crippen molar-refractivity contribution in [1.82, 2.24) is 0 Å². The molecule has 3 aromatic rings. The zero-order valence-electron chi connectivity index (χ0n) is 14.4. The number of alkyl halides is 3. The number of benzene rings is 2. The molecule has 0 bridgehead atoms. The molecule has 0 aliphatic heterocycles. The maximum Gasteiger partial charge on any atom is 0.453 e. The second kappa shape index (κ2) is 7.22. The average molecular weight is 380 g/mol. The summed E-state index contributed by atoms with van der Waals surface area (Å²) in [5.41, 5.74) is -1.20. The molecule has 1 heterocycles. The van der Waals surface area contributed by atoms with Gasteiger partial charge in [0.2, 0.25) is 11.2 Å². The zero-order valence-corrected chi connectivity index (χ0v) is 14.4. The monoisotopic (exact) mass is 380 g/mol. The predicted octanol–water partition coefficient (Wildman–Crippen LogP) is 5.01. The number of rotatable bonds is 5. The summed E-state index contributed by atoms with van der Waals surface area (Å²) in [5, 5.41) is -0.0623. The summed E-state index contributed by atoms with van der Waals surface area (Å²) < 4.78 is 61.2. The molecule has 0 radical (unpaired) electrons. The van der Waals surface area contributed by atoms with Gasteiger partial charge in [-0.15, -0.1) is 0 Å². The Bertz CT molecular complexity index is 1020. The van der Waals surface area contributed by atoms with Crippen molar-refractivity contribution in [2.45, 2.75) is 13.1 Å². The summed E-state index contributed by atoms with van der Waals surface area (Å²) in [6.45, 7) is 1.99. The van der Waals surface area contributed by atoms with Crippen LogP contribution < -0.4 is 19.6 Å². The van der Waals surface area contributed by atoms with E-state index in [4.69, 9.17) is 18.6 Å². The van der Waals surface area contributed by atoms with Crippen molar-refractivity contribution in [3.63, 3.8) is 0 Å². The van der Waals surface area contributed by atoms with E-state index in [-0.39, 0.29) is 34.8 Å². The van der Waals surface area contributed by atoms with Gasteiger partial charge in [0.05, 0.1) is 19.1 Å². The highest BCUT2D eigenvalue weighted by atomic mass is 19.4. The Morgan fingerprint density at radius 3 is 2.41 bits per heavy atom. The van der Waals surface area contributed by atoms with Crippen LogP contribution in [0.15, 0.2) is 51.7 Å². The normalized spacial score (nSPS) is 11.4. The van der Waals surface area contributed by atoms with Crippen molar-refractivity contribution < 1.29 is 31.8 Å². The van der Waals surface area contributed by atoms with Gasteiger partial charge in [0, 0.05) is 6.07 Å². The van der Waals surface area contributed by atoms with Crippen LogP contribution in [0.3, 0.4) is 0 Å². The summed E-state index contributed by atoms with van der Waals surface area (Å²) in [6, 6.07) is 10.1. The van der Waals surface area contributed by atoms with Crippen LogP contribution in [0.4, 0.5) is 13.2 Å². The third kappa shape index (κ3) is 3.69. The molecule has 5 nitrogen and oxygen atoms in total. The van der Waals surface area contributed by atoms with Gasteiger partial charge in [-0.1, -0.05) is 12.1 Å². The van der Waals surface area contributed by atoms with Gasteiger partial charge in [-0.3, -0.25) is 4.79 Å². The smallest absolute Gasteiger partial charge is 0.453 e. The Kier molecular flexibility index (Phi) is 4.98. The zero-order chi connectivity index (χ0) is 19.6. The Hall–Kier alpha value is -3.16. The largest absolute Gasteiger partial charge is 0.497 e. The summed E-state index contributed by atoms with van der Waals surface area (Å²) >= 11 is 0. The van der Waals surface area contributed by atoms with E-state index < -0.39 is 23.1 Å². The second-order valence-electron chi connectivity index (χ2n) is 5.43. The van der Waals surface area contributed by atoms with Crippen LogP contribution in [-0.4, -0.2) is 13.7 Å². The maximum absolute atomic E-state index is 13.5. The van der Waals surface area contributed by atoms with Gasteiger partial charge in [-0.25, -0.2) is 0 Å². The molecule has 0 aliphatic carbocycles. The van der Waals surface area contributed by atoms with Gasteiger partial charge in [0.15, 0.2) is 11.5 Å². The first-order chi connectivity index (χ1) is 12.8. The van der Waals surface area contributed by atoms with Crippen LogP contribution in [0.2, 0.25) is 0 Å². The van der Waals surface area contributed by atoms with Crippen molar-refractivity contribution in [3.8, 4) is 23.0 Å². The van der Waals surface area contributed by atoms with Gasteiger partial charge in [0.1, 0.15) is 11.3 Å². The minimum Gasteiger partial charge on any atom is -0.497 e. The van der Waals surface area contributed by atoms with Crippen LogP contribution in [0.1, 0.15) is 12.7 Å². The molecule has 0 fully saturated rings. The number of fused-ring (bicyclic) bond motifs is 1. The Balaban J connectivity index is 2.22. The third-order valence-electron chi connectivity index (χ3n) is 3.68. The molecule has 142 valence electrons. The molecular weight excluding hydrogens is 365 g/mol. The average Bonchev–Trinajstić information content (AvgIpc) is 2.64. The molecule has 0 saturated heterocycles. The SMILES string of the molecule is CCOc1ccccc1Oc1c(C(F)(F)F)oc2cc(OC)ccc2c1=O. The van der Waals surface area contributed by atoms with E-state index in [1.807, 2.05) is 0 Å². The predicted molar refractivity (Wildman–Crippen MR) is 91.7 cm³/mol. The fourth-order valence-electron chi connectivity index (χ4n) is 2.48. The van der Waals surface area contributed by atoms with Crippen LogP contribution in [0.25, 0.3) is 11.0 Å². The maximum atomic E-state index is 13.5. The molecule has 0 unspecified atom stereocenters. The lowest BCUT2D eigenvalue weighted by Gasteiger charge is -2.15. The molecule has 0 N–H and O–H groups in total. The van der Waals surface area contributed by atoms with Crippen LogP contribution in [-0.2, 0) is 6.18 Å². The molecule has 2 aromatic carbocycles. The second-order valence-corrected chi connectivity index (χ2v) is 5.43. The van der Waals surface area contributed by atoms with Gasteiger partial charge >= 0.3 is 6.18 Å². The Labute approximate surface area is 151 Å². The summed E-state index contributed by atoms with van der Waals surface area (Å²) in [4.78, 5) is 12.7. The van der Waals surface area contributed by atoms with E-state index >= 15 is 0 Å². The highest BCUT2D eigenvalue weighted by Gasteiger charge is 2.40. The first-order valence-corrected chi connectivity index (χ1v) is 7.97. The number of ether oxygens (including phenoxy) is 3.